The molecule has 0 spiro atoms. The molecule has 0 radical (unpaired) electrons. The third kappa shape index (κ3) is 7.06. The van der Waals surface area contributed by atoms with Crippen LogP contribution in [0.3, 0.4) is 0 Å². The summed E-state index contributed by atoms with van der Waals surface area (Å²) < 4.78 is 5.74. The maximum absolute atomic E-state index is 12.9. The second kappa shape index (κ2) is 10.7. The van der Waals surface area contributed by atoms with Crippen LogP contribution in [0.15, 0.2) is 48.5 Å². The van der Waals surface area contributed by atoms with Crippen molar-refractivity contribution in [2.45, 2.75) is 33.2 Å². The Morgan fingerprint density at radius 2 is 1.76 bits per heavy atom. The fourth-order valence-electron chi connectivity index (χ4n) is 3.52. The van der Waals surface area contributed by atoms with E-state index in [1.54, 1.807) is 0 Å². The van der Waals surface area contributed by atoms with Crippen molar-refractivity contribution in [1.29, 1.82) is 0 Å². The number of benzene rings is 2. The molecule has 0 aromatic heterocycles. The summed E-state index contributed by atoms with van der Waals surface area (Å²) in [6, 6.07) is 15.5. The van der Waals surface area contributed by atoms with Gasteiger partial charge in [-0.2, -0.15) is 0 Å². The van der Waals surface area contributed by atoms with Gasteiger partial charge in [0.05, 0.1) is 0 Å². The van der Waals surface area contributed by atoms with E-state index in [-0.39, 0.29) is 12.5 Å². The van der Waals surface area contributed by atoms with E-state index in [4.69, 9.17) is 16.3 Å². The summed E-state index contributed by atoms with van der Waals surface area (Å²) in [5.74, 6) is 1.53. The van der Waals surface area contributed by atoms with Gasteiger partial charge >= 0.3 is 0 Å². The number of ether oxygens (including phenoxy) is 1. The lowest BCUT2D eigenvalue weighted by Gasteiger charge is -2.32. The van der Waals surface area contributed by atoms with Gasteiger partial charge in [0.15, 0.2) is 6.61 Å². The van der Waals surface area contributed by atoms with Gasteiger partial charge in [-0.3, -0.25) is 4.79 Å². The minimum Gasteiger partial charge on any atom is -0.484 e. The molecule has 0 unspecified atom stereocenters. The minimum absolute atomic E-state index is 0.00547. The van der Waals surface area contributed by atoms with Crippen molar-refractivity contribution in [3.63, 3.8) is 0 Å². The Morgan fingerprint density at radius 3 is 2.41 bits per heavy atom. The standard InChI is InChI=1S/C24H31ClN2O2/c1-19-3-9-23(10-4-19)29-18-24(28)27(17-21-5-7-22(25)8-6-21)16-15-26-13-11-20(2)12-14-26/h3-10,20H,11-18H2,1-2H3. The quantitative estimate of drug-likeness (QED) is 0.622. The van der Waals surface area contributed by atoms with E-state index in [1.807, 2.05) is 60.4 Å². The highest BCUT2D eigenvalue weighted by atomic mass is 35.5. The van der Waals surface area contributed by atoms with E-state index >= 15 is 0 Å². The molecule has 1 fully saturated rings. The molecule has 1 aliphatic heterocycles. The van der Waals surface area contributed by atoms with E-state index in [0.29, 0.717) is 18.1 Å². The summed E-state index contributed by atoms with van der Waals surface area (Å²) in [7, 11) is 0. The van der Waals surface area contributed by atoms with Gasteiger partial charge < -0.3 is 14.5 Å². The lowest BCUT2D eigenvalue weighted by atomic mass is 9.99. The molecular weight excluding hydrogens is 384 g/mol. The van der Waals surface area contributed by atoms with E-state index in [0.717, 1.165) is 36.9 Å². The average molecular weight is 415 g/mol. The van der Waals surface area contributed by atoms with Crippen LogP contribution in [0.25, 0.3) is 0 Å². The molecular formula is C24H31ClN2O2. The van der Waals surface area contributed by atoms with Crippen LogP contribution < -0.4 is 4.74 Å². The van der Waals surface area contributed by atoms with Crippen molar-refractivity contribution >= 4 is 17.5 Å². The van der Waals surface area contributed by atoms with Crippen molar-refractivity contribution < 1.29 is 9.53 Å². The van der Waals surface area contributed by atoms with Crippen molar-refractivity contribution in [3.05, 3.63) is 64.7 Å². The zero-order valence-electron chi connectivity index (χ0n) is 17.4. The second-order valence-electron chi connectivity index (χ2n) is 8.07. The van der Waals surface area contributed by atoms with Gasteiger partial charge in [0.1, 0.15) is 5.75 Å². The minimum atomic E-state index is 0.00547. The van der Waals surface area contributed by atoms with Gasteiger partial charge in [-0.25, -0.2) is 0 Å². The summed E-state index contributed by atoms with van der Waals surface area (Å²) in [5, 5.41) is 0.705. The number of nitrogens with zero attached hydrogens (tertiary/aromatic N) is 2. The lowest BCUT2D eigenvalue weighted by Crippen LogP contribution is -2.42. The number of likely N-dealkylation sites (tertiary alicyclic amines) is 1. The van der Waals surface area contributed by atoms with Crippen LogP contribution in [-0.2, 0) is 11.3 Å². The molecule has 29 heavy (non-hydrogen) atoms. The number of rotatable bonds is 8. The van der Waals surface area contributed by atoms with Gasteiger partial charge in [-0.05, 0) is 68.6 Å². The van der Waals surface area contributed by atoms with Crippen molar-refractivity contribution in [1.82, 2.24) is 9.80 Å². The van der Waals surface area contributed by atoms with Crippen LogP contribution in [0.2, 0.25) is 5.02 Å². The first-order valence-electron chi connectivity index (χ1n) is 10.4. The summed E-state index contributed by atoms with van der Waals surface area (Å²) in [5.41, 5.74) is 2.24. The lowest BCUT2D eigenvalue weighted by molar-refractivity contribution is -0.134. The molecule has 2 aromatic carbocycles. The van der Waals surface area contributed by atoms with Crippen LogP contribution in [0.5, 0.6) is 5.75 Å². The van der Waals surface area contributed by atoms with Gasteiger partial charge in [-0.15, -0.1) is 0 Å². The number of carbonyl (C=O) groups is 1. The third-order valence-electron chi connectivity index (χ3n) is 5.59. The Balaban J connectivity index is 1.59. The summed E-state index contributed by atoms with van der Waals surface area (Å²) in [4.78, 5) is 17.3. The molecule has 156 valence electrons. The van der Waals surface area contributed by atoms with Gasteiger partial charge in [-0.1, -0.05) is 48.4 Å². The molecule has 4 nitrogen and oxygen atoms in total. The molecule has 1 amide bonds. The summed E-state index contributed by atoms with van der Waals surface area (Å²) in [6.07, 6.45) is 2.48. The zero-order chi connectivity index (χ0) is 20.6. The largest absolute Gasteiger partial charge is 0.484 e. The van der Waals surface area contributed by atoms with Crippen LogP contribution in [-0.4, -0.2) is 48.5 Å². The van der Waals surface area contributed by atoms with Crippen molar-refractivity contribution in [2.75, 3.05) is 32.8 Å². The first-order valence-corrected chi connectivity index (χ1v) is 10.8. The first-order chi connectivity index (χ1) is 14.0. The van der Waals surface area contributed by atoms with E-state index in [2.05, 4.69) is 11.8 Å². The highest BCUT2D eigenvalue weighted by Crippen LogP contribution is 2.17. The topological polar surface area (TPSA) is 32.8 Å². The molecule has 1 saturated heterocycles. The van der Waals surface area contributed by atoms with Gasteiger partial charge in [0.2, 0.25) is 0 Å². The van der Waals surface area contributed by atoms with Crippen molar-refractivity contribution in [3.8, 4) is 5.75 Å². The van der Waals surface area contributed by atoms with E-state index in [1.165, 1.54) is 18.4 Å². The predicted octanol–water partition coefficient (Wildman–Crippen LogP) is 4.79. The number of piperidine rings is 1. The molecule has 1 heterocycles. The maximum Gasteiger partial charge on any atom is 0.260 e. The Bertz CT molecular complexity index is 768. The summed E-state index contributed by atoms with van der Waals surface area (Å²) in [6.45, 7) is 8.79. The highest BCUT2D eigenvalue weighted by Gasteiger charge is 2.19. The van der Waals surface area contributed by atoms with Crippen LogP contribution >= 0.6 is 11.6 Å². The summed E-state index contributed by atoms with van der Waals surface area (Å²) >= 11 is 6.01. The molecule has 0 N–H and O–H groups in total. The Labute approximate surface area is 179 Å². The van der Waals surface area contributed by atoms with Crippen LogP contribution in [0.4, 0.5) is 0 Å². The Morgan fingerprint density at radius 1 is 1.10 bits per heavy atom. The molecule has 3 rings (SSSR count). The molecule has 0 atom stereocenters. The molecule has 0 bridgehead atoms. The molecule has 1 aliphatic rings. The SMILES string of the molecule is Cc1ccc(OCC(=O)N(CCN2CCC(C)CC2)Cc2ccc(Cl)cc2)cc1. The smallest absolute Gasteiger partial charge is 0.260 e. The molecule has 0 aliphatic carbocycles. The third-order valence-corrected chi connectivity index (χ3v) is 5.84. The Hall–Kier alpha value is -2.04. The Kier molecular flexibility index (Phi) is 7.96. The number of halogens is 1. The van der Waals surface area contributed by atoms with Gasteiger partial charge in [0, 0.05) is 24.7 Å². The fraction of sp³-hybridized carbons (Fsp3) is 0.458. The van der Waals surface area contributed by atoms with E-state index in [9.17, 15) is 4.79 Å². The number of hydrogen-bond acceptors (Lipinski definition) is 3. The maximum atomic E-state index is 12.9. The first kappa shape index (κ1) is 21.7. The highest BCUT2D eigenvalue weighted by molar-refractivity contribution is 6.30. The van der Waals surface area contributed by atoms with Crippen LogP contribution in [0.1, 0.15) is 30.9 Å². The normalized spacial score (nSPS) is 15.3. The zero-order valence-corrected chi connectivity index (χ0v) is 18.2. The van der Waals surface area contributed by atoms with Gasteiger partial charge in [0.25, 0.3) is 5.91 Å². The molecule has 5 heteroatoms. The number of carbonyl (C=O) groups excluding carboxylic acids is 1. The number of amides is 1. The average Bonchev–Trinajstić information content (AvgIpc) is 2.73. The molecule has 2 aromatic rings. The second-order valence-corrected chi connectivity index (χ2v) is 8.50. The van der Waals surface area contributed by atoms with E-state index < -0.39 is 0 Å². The monoisotopic (exact) mass is 414 g/mol. The van der Waals surface area contributed by atoms with Crippen molar-refractivity contribution in [2.24, 2.45) is 5.92 Å². The number of hydrogen-bond donors (Lipinski definition) is 0. The fourth-order valence-corrected chi connectivity index (χ4v) is 3.65. The molecule has 0 saturated carbocycles. The number of aryl methyl sites for hydroxylation is 1. The van der Waals surface area contributed by atoms with Crippen LogP contribution in [0, 0.1) is 12.8 Å². The predicted molar refractivity (Wildman–Crippen MR) is 118 cm³/mol.